The molecule has 3 atom stereocenters. The number of carbonyl (C=O) groups excluding carboxylic acids is 1. The first-order chi connectivity index (χ1) is 13.8. The number of aliphatic hydroxyl groups is 2. The lowest BCUT2D eigenvalue weighted by Crippen LogP contribution is -2.58. The first-order valence-electron chi connectivity index (χ1n) is 10.4. The number of amides is 1. The van der Waals surface area contributed by atoms with E-state index in [2.05, 4.69) is 4.90 Å². The predicted octanol–water partition coefficient (Wildman–Crippen LogP) is 2.24. The number of anilines is 1. The fourth-order valence-electron chi connectivity index (χ4n) is 4.72. The summed E-state index contributed by atoms with van der Waals surface area (Å²) in [4.78, 5) is 18.8. The minimum atomic E-state index is -0.622. The molecule has 1 saturated carbocycles. The van der Waals surface area contributed by atoms with E-state index in [-0.39, 0.29) is 23.5 Å². The van der Waals surface area contributed by atoms with E-state index >= 15 is 0 Å². The van der Waals surface area contributed by atoms with Crippen molar-refractivity contribution < 1.29 is 15.0 Å². The first kappa shape index (κ1) is 21.2. The number of carbonyl (C=O) groups is 1. The molecular formula is C21H29Cl2N3O3. The van der Waals surface area contributed by atoms with Crippen molar-refractivity contribution in [3.05, 3.63) is 28.2 Å². The second-order valence-electron chi connectivity index (χ2n) is 8.79. The van der Waals surface area contributed by atoms with E-state index in [0.717, 1.165) is 31.5 Å². The number of aliphatic hydroxyl groups excluding tert-OH is 2. The fourth-order valence-corrected chi connectivity index (χ4v) is 5.02. The quantitative estimate of drug-likeness (QED) is 0.733. The monoisotopic (exact) mass is 441 g/mol. The second-order valence-corrected chi connectivity index (χ2v) is 9.61. The SMILES string of the molecule is CC1C(=O)N(C[C@@H](O)CN2CCC3(CC3)[C@H](O)C2)CCN1c1ccc(Cl)c(Cl)c1. The van der Waals surface area contributed by atoms with Gasteiger partial charge < -0.3 is 20.0 Å². The Morgan fingerprint density at radius 1 is 1.14 bits per heavy atom. The van der Waals surface area contributed by atoms with Crippen molar-refractivity contribution >= 4 is 34.8 Å². The van der Waals surface area contributed by atoms with E-state index in [4.69, 9.17) is 23.2 Å². The Labute approximate surface area is 182 Å². The van der Waals surface area contributed by atoms with Gasteiger partial charge in [0, 0.05) is 38.4 Å². The van der Waals surface area contributed by atoms with Crippen molar-refractivity contribution in [3.63, 3.8) is 0 Å². The summed E-state index contributed by atoms with van der Waals surface area (Å²) in [6.07, 6.45) is 2.34. The molecule has 1 amide bonds. The van der Waals surface area contributed by atoms with Crippen molar-refractivity contribution in [1.82, 2.24) is 9.80 Å². The van der Waals surface area contributed by atoms with Crippen LogP contribution in [0.2, 0.25) is 10.0 Å². The number of likely N-dealkylation sites (tertiary alicyclic amines) is 1. The molecule has 2 heterocycles. The number of β-amino-alcohol motifs (C(OH)–C–C–N with tert-alkyl or cyclic N) is 2. The molecule has 2 saturated heterocycles. The maximum atomic E-state index is 12.9. The third-order valence-corrected chi connectivity index (χ3v) is 7.58. The number of nitrogens with zero attached hydrogens (tertiary/aromatic N) is 3. The minimum Gasteiger partial charge on any atom is -0.391 e. The zero-order valence-electron chi connectivity index (χ0n) is 16.7. The van der Waals surface area contributed by atoms with Crippen LogP contribution >= 0.6 is 23.2 Å². The van der Waals surface area contributed by atoms with Crippen LogP contribution in [0.15, 0.2) is 18.2 Å². The lowest BCUT2D eigenvalue weighted by atomic mass is 9.90. The van der Waals surface area contributed by atoms with Gasteiger partial charge in [0.1, 0.15) is 6.04 Å². The molecule has 1 aromatic rings. The van der Waals surface area contributed by atoms with Gasteiger partial charge in [0.05, 0.1) is 22.3 Å². The molecule has 3 fully saturated rings. The van der Waals surface area contributed by atoms with Crippen LogP contribution in [0.5, 0.6) is 0 Å². The van der Waals surface area contributed by atoms with Crippen molar-refractivity contribution in [2.24, 2.45) is 5.41 Å². The van der Waals surface area contributed by atoms with Crippen LogP contribution in [0.4, 0.5) is 5.69 Å². The van der Waals surface area contributed by atoms with E-state index in [1.807, 2.05) is 17.9 Å². The van der Waals surface area contributed by atoms with Crippen LogP contribution in [0.25, 0.3) is 0 Å². The Morgan fingerprint density at radius 2 is 1.90 bits per heavy atom. The normalized spacial score (nSPS) is 28.1. The van der Waals surface area contributed by atoms with Gasteiger partial charge in [-0.25, -0.2) is 0 Å². The Balaban J connectivity index is 1.31. The highest BCUT2D eigenvalue weighted by molar-refractivity contribution is 6.42. The van der Waals surface area contributed by atoms with Crippen molar-refractivity contribution in [1.29, 1.82) is 0 Å². The molecule has 1 aromatic carbocycles. The molecule has 2 N–H and O–H groups in total. The highest BCUT2D eigenvalue weighted by Crippen LogP contribution is 2.53. The number of rotatable bonds is 5. The summed E-state index contributed by atoms with van der Waals surface area (Å²) in [5, 5.41) is 21.9. The lowest BCUT2D eigenvalue weighted by molar-refractivity contribution is -0.135. The molecule has 2 aliphatic heterocycles. The van der Waals surface area contributed by atoms with Gasteiger partial charge in [-0.2, -0.15) is 0 Å². The van der Waals surface area contributed by atoms with Gasteiger partial charge in [-0.1, -0.05) is 23.2 Å². The summed E-state index contributed by atoms with van der Waals surface area (Å²) in [5.74, 6) is -0.00279. The number of piperidine rings is 1. The number of benzene rings is 1. The van der Waals surface area contributed by atoms with Crippen LogP contribution in [-0.4, -0.2) is 83.4 Å². The molecule has 29 heavy (non-hydrogen) atoms. The summed E-state index contributed by atoms with van der Waals surface area (Å²) in [6.45, 7) is 5.42. The molecule has 1 unspecified atom stereocenters. The first-order valence-corrected chi connectivity index (χ1v) is 11.1. The predicted molar refractivity (Wildman–Crippen MR) is 115 cm³/mol. The maximum absolute atomic E-state index is 12.9. The van der Waals surface area contributed by atoms with Crippen molar-refractivity contribution in [2.75, 3.05) is 44.2 Å². The van der Waals surface area contributed by atoms with E-state index in [9.17, 15) is 15.0 Å². The fraction of sp³-hybridized carbons (Fsp3) is 0.667. The average molecular weight is 442 g/mol. The number of halogens is 2. The smallest absolute Gasteiger partial charge is 0.245 e. The summed E-state index contributed by atoms with van der Waals surface area (Å²) >= 11 is 12.1. The van der Waals surface area contributed by atoms with E-state index < -0.39 is 6.10 Å². The van der Waals surface area contributed by atoms with Crippen LogP contribution in [-0.2, 0) is 4.79 Å². The minimum absolute atomic E-state index is 0.00279. The van der Waals surface area contributed by atoms with Crippen molar-refractivity contribution in [2.45, 2.75) is 44.4 Å². The van der Waals surface area contributed by atoms with Gasteiger partial charge in [-0.3, -0.25) is 9.69 Å². The molecule has 8 heteroatoms. The highest BCUT2D eigenvalue weighted by atomic mass is 35.5. The molecular weight excluding hydrogens is 413 g/mol. The molecule has 6 nitrogen and oxygen atoms in total. The van der Waals surface area contributed by atoms with Gasteiger partial charge in [-0.15, -0.1) is 0 Å². The van der Waals surface area contributed by atoms with Gasteiger partial charge in [-0.05, 0) is 56.3 Å². The Morgan fingerprint density at radius 3 is 2.55 bits per heavy atom. The van der Waals surface area contributed by atoms with Crippen LogP contribution in [0, 0.1) is 5.41 Å². The van der Waals surface area contributed by atoms with E-state index in [1.54, 1.807) is 17.0 Å². The van der Waals surface area contributed by atoms with Crippen LogP contribution < -0.4 is 4.90 Å². The zero-order valence-corrected chi connectivity index (χ0v) is 18.2. The van der Waals surface area contributed by atoms with Crippen LogP contribution in [0.3, 0.4) is 0 Å². The molecule has 0 radical (unpaired) electrons. The number of piperazine rings is 1. The zero-order chi connectivity index (χ0) is 20.8. The Hall–Kier alpha value is -1.05. The van der Waals surface area contributed by atoms with Crippen LogP contribution in [0.1, 0.15) is 26.2 Å². The third kappa shape index (κ3) is 4.37. The maximum Gasteiger partial charge on any atom is 0.245 e. The van der Waals surface area contributed by atoms with Gasteiger partial charge in [0.15, 0.2) is 0 Å². The molecule has 0 aromatic heterocycles. The summed E-state index contributed by atoms with van der Waals surface area (Å²) < 4.78 is 0. The van der Waals surface area contributed by atoms with Crippen molar-refractivity contribution in [3.8, 4) is 0 Å². The Bertz CT molecular complexity index is 774. The summed E-state index contributed by atoms with van der Waals surface area (Å²) in [7, 11) is 0. The molecule has 3 aliphatic rings. The highest BCUT2D eigenvalue weighted by Gasteiger charge is 2.51. The summed E-state index contributed by atoms with van der Waals surface area (Å²) in [6, 6.07) is 5.06. The third-order valence-electron chi connectivity index (χ3n) is 6.84. The molecule has 4 rings (SSSR count). The average Bonchev–Trinajstić information content (AvgIpc) is 3.46. The van der Waals surface area contributed by atoms with Gasteiger partial charge in [0.2, 0.25) is 5.91 Å². The van der Waals surface area contributed by atoms with Gasteiger partial charge >= 0.3 is 0 Å². The molecule has 0 bridgehead atoms. The molecule has 1 aliphatic carbocycles. The number of hydrogen-bond acceptors (Lipinski definition) is 5. The largest absolute Gasteiger partial charge is 0.391 e. The topological polar surface area (TPSA) is 67.2 Å². The second kappa shape index (κ2) is 8.23. The van der Waals surface area contributed by atoms with Gasteiger partial charge in [0.25, 0.3) is 0 Å². The van der Waals surface area contributed by atoms with E-state index in [0.29, 0.717) is 42.8 Å². The van der Waals surface area contributed by atoms with E-state index in [1.165, 1.54) is 0 Å². The summed E-state index contributed by atoms with van der Waals surface area (Å²) in [5.41, 5.74) is 1.03. The standard InChI is InChI=1S/C21H29Cl2N3O3/c1-14-20(29)25(8-9-26(14)15-2-3-17(22)18(23)10-15)12-16(27)11-24-7-6-21(4-5-21)19(28)13-24/h2-3,10,14,16,19,27-28H,4-9,11-13H2,1H3/t14?,16-,19+/m0/s1. The Kier molecular flexibility index (Phi) is 6.02. The lowest BCUT2D eigenvalue weighted by Gasteiger charge is -2.42. The number of hydrogen-bond donors (Lipinski definition) is 2. The molecule has 160 valence electrons. The molecule has 1 spiro atoms.